The number of rotatable bonds is 8. The molecule has 0 fully saturated rings. The van der Waals surface area contributed by atoms with Gasteiger partial charge in [-0.1, -0.05) is 36.4 Å². The third kappa shape index (κ3) is 6.05. The van der Waals surface area contributed by atoms with Crippen molar-refractivity contribution < 1.29 is 24.5 Å². The van der Waals surface area contributed by atoms with Crippen LogP contribution in [0.1, 0.15) is 38.4 Å². The van der Waals surface area contributed by atoms with Crippen LogP contribution >= 0.6 is 0 Å². The van der Waals surface area contributed by atoms with Gasteiger partial charge < -0.3 is 19.9 Å². The van der Waals surface area contributed by atoms with Gasteiger partial charge in [0.05, 0.1) is 18.6 Å². The van der Waals surface area contributed by atoms with E-state index >= 15 is 0 Å². The number of benzene rings is 2. The first-order valence-corrected chi connectivity index (χ1v) is 9.93. The molecule has 160 valence electrons. The second-order valence-electron chi connectivity index (χ2n) is 7.66. The molecule has 3 rings (SSSR count). The fourth-order valence-electron chi connectivity index (χ4n) is 3.77. The zero-order valence-electron chi connectivity index (χ0n) is 17.0. The molecule has 0 saturated carbocycles. The Kier molecular flexibility index (Phi) is 9.03. The van der Waals surface area contributed by atoms with E-state index in [1.807, 2.05) is 24.3 Å². The van der Waals surface area contributed by atoms with Gasteiger partial charge in [0.1, 0.15) is 5.82 Å². The number of carboxylic acid groups (broad SMARTS) is 1. The summed E-state index contributed by atoms with van der Waals surface area (Å²) >= 11 is 0. The van der Waals surface area contributed by atoms with Crippen molar-refractivity contribution in [3.8, 4) is 11.1 Å². The van der Waals surface area contributed by atoms with Crippen molar-refractivity contribution >= 4 is 52.5 Å². The Hall–Kier alpha value is -1.96. The van der Waals surface area contributed by atoms with E-state index in [-0.39, 0.29) is 47.8 Å². The number of hydrogen-bond acceptors (Lipinski definition) is 3. The van der Waals surface area contributed by atoms with Crippen LogP contribution in [0.5, 0.6) is 0 Å². The van der Waals surface area contributed by atoms with E-state index in [2.05, 4.69) is 18.4 Å². The van der Waals surface area contributed by atoms with Gasteiger partial charge in [-0.2, -0.15) is 0 Å². The monoisotopic (exact) mass is 435 g/mol. The van der Waals surface area contributed by atoms with Crippen molar-refractivity contribution in [2.45, 2.75) is 44.9 Å². The van der Waals surface area contributed by atoms with Crippen LogP contribution in [0.3, 0.4) is 0 Å². The SMILES string of the molecule is CC(C)n1c(/C=C/[C@H](O)C[C@H](O)CC(=O)O)c(-c2ccc(F)cc2)c2ccccc21.[NaH]. The minimum absolute atomic E-state index is 0. The van der Waals surface area contributed by atoms with Crippen molar-refractivity contribution in [2.24, 2.45) is 0 Å². The number of aromatic nitrogens is 1. The Morgan fingerprint density at radius 1 is 1.10 bits per heavy atom. The van der Waals surface area contributed by atoms with Gasteiger partial charge in [0.2, 0.25) is 0 Å². The zero-order valence-corrected chi connectivity index (χ0v) is 17.0. The van der Waals surface area contributed by atoms with Gasteiger partial charge in [-0.05, 0) is 43.7 Å². The van der Waals surface area contributed by atoms with E-state index in [1.54, 1.807) is 24.3 Å². The molecule has 0 aliphatic rings. The summed E-state index contributed by atoms with van der Waals surface area (Å²) in [6.45, 7) is 4.12. The van der Waals surface area contributed by atoms with Gasteiger partial charge in [-0.25, -0.2) is 4.39 Å². The molecule has 3 aromatic rings. The van der Waals surface area contributed by atoms with Gasteiger partial charge in [-0.3, -0.25) is 4.79 Å². The van der Waals surface area contributed by atoms with Crippen LogP contribution in [-0.4, -0.2) is 67.6 Å². The summed E-state index contributed by atoms with van der Waals surface area (Å²) in [4.78, 5) is 10.7. The van der Waals surface area contributed by atoms with E-state index < -0.39 is 24.6 Å². The minimum atomic E-state index is -1.13. The van der Waals surface area contributed by atoms with Crippen LogP contribution < -0.4 is 0 Å². The summed E-state index contributed by atoms with van der Waals surface area (Å²) in [6, 6.07) is 14.4. The average Bonchev–Trinajstić information content (AvgIpc) is 3.00. The maximum atomic E-state index is 13.5. The molecule has 31 heavy (non-hydrogen) atoms. The van der Waals surface area contributed by atoms with E-state index in [4.69, 9.17) is 5.11 Å². The molecule has 0 spiro atoms. The quantitative estimate of drug-likeness (QED) is 0.468. The molecule has 2 atom stereocenters. The predicted octanol–water partition coefficient (Wildman–Crippen LogP) is 3.98. The Morgan fingerprint density at radius 3 is 2.35 bits per heavy atom. The summed E-state index contributed by atoms with van der Waals surface area (Å²) in [5, 5.41) is 29.9. The summed E-state index contributed by atoms with van der Waals surface area (Å²) in [5.41, 5.74) is 3.65. The van der Waals surface area contributed by atoms with Gasteiger partial charge in [-0.15, -0.1) is 0 Å². The molecule has 5 nitrogen and oxygen atoms in total. The van der Waals surface area contributed by atoms with Crippen molar-refractivity contribution in [3.05, 3.63) is 66.1 Å². The number of aliphatic hydroxyl groups excluding tert-OH is 2. The molecule has 0 saturated heterocycles. The summed E-state index contributed by atoms with van der Waals surface area (Å²) in [5.74, 6) is -1.43. The first kappa shape index (κ1) is 25.3. The topological polar surface area (TPSA) is 82.7 Å². The number of halogens is 1. The number of carbonyl (C=O) groups is 1. The first-order valence-electron chi connectivity index (χ1n) is 9.93. The number of carboxylic acids is 1. The van der Waals surface area contributed by atoms with Crippen LogP contribution in [0.25, 0.3) is 28.1 Å². The standard InChI is InChI=1S/C24H26FNO4.Na.H/c1-15(2)26-21-6-4-3-5-20(21)24(16-7-9-17(25)10-8-16)22(26)12-11-18(27)13-19(28)14-23(29)30;;/h3-12,15,18-19,27-28H,13-14H2,1-2H3,(H,29,30);;/b12-11+;;/t18-,19-;;/m0../s1. The molecule has 0 unspecified atom stereocenters. The zero-order chi connectivity index (χ0) is 21.8. The third-order valence-electron chi connectivity index (χ3n) is 5.00. The second kappa shape index (κ2) is 11.1. The molecule has 0 radical (unpaired) electrons. The molecule has 3 N–H and O–H groups in total. The van der Waals surface area contributed by atoms with Gasteiger partial charge >= 0.3 is 35.5 Å². The molecule has 1 aromatic heterocycles. The van der Waals surface area contributed by atoms with E-state index in [1.165, 1.54) is 12.1 Å². The molecule has 0 bridgehead atoms. The fourth-order valence-corrected chi connectivity index (χ4v) is 3.77. The second-order valence-corrected chi connectivity index (χ2v) is 7.66. The fraction of sp³-hybridized carbons (Fsp3) is 0.292. The Labute approximate surface area is 203 Å². The normalized spacial score (nSPS) is 13.5. The van der Waals surface area contributed by atoms with Crippen molar-refractivity contribution in [3.63, 3.8) is 0 Å². The maximum absolute atomic E-state index is 13.5. The van der Waals surface area contributed by atoms with Gasteiger partial charge in [0.25, 0.3) is 0 Å². The summed E-state index contributed by atoms with van der Waals surface area (Å²) < 4.78 is 15.6. The van der Waals surface area contributed by atoms with Crippen LogP contribution in [0.2, 0.25) is 0 Å². The van der Waals surface area contributed by atoms with E-state index in [0.717, 1.165) is 27.7 Å². The Bertz CT molecular complexity index is 1060. The average molecular weight is 435 g/mol. The molecule has 7 heteroatoms. The van der Waals surface area contributed by atoms with Crippen LogP contribution in [0, 0.1) is 5.82 Å². The van der Waals surface area contributed by atoms with Crippen LogP contribution in [0.4, 0.5) is 4.39 Å². The molecule has 0 aliphatic heterocycles. The van der Waals surface area contributed by atoms with Crippen molar-refractivity contribution in [2.75, 3.05) is 0 Å². The Balaban J connectivity index is 0.00000341. The van der Waals surface area contributed by atoms with Gasteiger partial charge in [0.15, 0.2) is 0 Å². The van der Waals surface area contributed by atoms with E-state index in [9.17, 15) is 19.4 Å². The van der Waals surface area contributed by atoms with Crippen molar-refractivity contribution in [1.29, 1.82) is 0 Å². The van der Waals surface area contributed by atoms with E-state index in [0.29, 0.717) is 0 Å². The number of para-hydroxylation sites is 1. The van der Waals surface area contributed by atoms with Crippen molar-refractivity contribution in [1.82, 2.24) is 4.57 Å². The first-order chi connectivity index (χ1) is 14.3. The summed E-state index contributed by atoms with van der Waals surface area (Å²) in [6.07, 6.45) is 0.727. The van der Waals surface area contributed by atoms with Gasteiger partial charge in [0, 0.05) is 34.6 Å². The third-order valence-corrected chi connectivity index (χ3v) is 5.00. The van der Waals surface area contributed by atoms with Crippen LogP contribution in [-0.2, 0) is 4.79 Å². The number of aliphatic carboxylic acids is 1. The number of hydrogen-bond donors (Lipinski definition) is 3. The number of fused-ring (bicyclic) bond motifs is 1. The number of aliphatic hydroxyl groups is 2. The molecule has 2 aromatic carbocycles. The summed E-state index contributed by atoms with van der Waals surface area (Å²) in [7, 11) is 0. The predicted molar refractivity (Wildman–Crippen MR) is 123 cm³/mol. The molecular formula is C24H27FNNaO4. The molecule has 0 aliphatic carbocycles. The molecule has 0 amide bonds. The molecule has 1 heterocycles. The molecular weight excluding hydrogens is 408 g/mol. The number of nitrogens with zero attached hydrogens (tertiary/aromatic N) is 1. The van der Waals surface area contributed by atoms with Crippen LogP contribution in [0.15, 0.2) is 54.6 Å². The Morgan fingerprint density at radius 2 is 1.74 bits per heavy atom.